The molecule has 4 rings (SSSR count). The van der Waals surface area contributed by atoms with Crippen molar-refractivity contribution in [1.82, 2.24) is 15.1 Å². The second-order valence-corrected chi connectivity index (χ2v) is 7.13. The molecule has 138 valence electrons. The molecule has 0 bridgehead atoms. The number of aromatic amines is 1. The molecule has 1 aliphatic rings. The van der Waals surface area contributed by atoms with E-state index < -0.39 is 5.97 Å². The zero-order chi connectivity index (χ0) is 18.6. The summed E-state index contributed by atoms with van der Waals surface area (Å²) >= 11 is 0. The van der Waals surface area contributed by atoms with Gasteiger partial charge in [-0.05, 0) is 48.2 Å². The molecule has 2 aromatic carbocycles. The summed E-state index contributed by atoms with van der Waals surface area (Å²) in [7, 11) is 0. The number of hydrogen-bond acceptors (Lipinski definition) is 3. The Morgan fingerprint density at radius 2 is 1.96 bits per heavy atom. The maximum Gasteiger partial charge on any atom is 0.336 e. The first-order valence-corrected chi connectivity index (χ1v) is 9.34. The van der Waals surface area contributed by atoms with Crippen LogP contribution < -0.4 is 0 Å². The number of piperidine rings is 1. The maximum absolute atomic E-state index is 11.4. The van der Waals surface area contributed by atoms with Crippen molar-refractivity contribution in [3.63, 3.8) is 0 Å². The number of aromatic nitrogens is 2. The summed E-state index contributed by atoms with van der Waals surface area (Å²) in [4.78, 5) is 13.9. The van der Waals surface area contributed by atoms with Gasteiger partial charge in [-0.25, -0.2) is 4.79 Å². The molecule has 0 aliphatic carbocycles. The minimum atomic E-state index is -0.896. The summed E-state index contributed by atoms with van der Waals surface area (Å²) in [6.07, 6.45) is 4.21. The standard InChI is InChI=1S/C22H23N3O2/c26-22(27)20-6-2-1-5-19(20)17-9-7-16(8-10-17)14-25-13-3-4-18(15-25)21-11-12-23-24-21/h1-2,5-12,18H,3-4,13-15H2,(H,23,24)(H,26,27)/t18-/m1/s1. The molecule has 0 unspecified atom stereocenters. The molecule has 1 atom stereocenters. The molecule has 5 heteroatoms. The van der Waals surface area contributed by atoms with Gasteiger partial charge in [-0.3, -0.25) is 10.00 Å². The molecule has 1 saturated heterocycles. The molecular formula is C22H23N3O2. The number of rotatable bonds is 5. The van der Waals surface area contributed by atoms with Crippen LogP contribution in [0.2, 0.25) is 0 Å². The number of aromatic carboxylic acids is 1. The Bertz CT molecular complexity index is 904. The van der Waals surface area contributed by atoms with Crippen LogP contribution in [0, 0.1) is 0 Å². The van der Waals surface area contributed by atoms with Gasteiger partial charge in [-0.2, -0.15) is 5.10 Å². The zero-order valence-corrected chi connectivity index (χ0v) is 15.1. The van der Waals surface area contributed by atoms with Gasteiger partial charge in [0.05, 0.1) is 5.56 Å². The number of H-pyrrole nitrogens is 1. The number of hydrogen-bond donors (Lipinski definition) is 2. The van der Waals surface area contributed by atoms with Crippen molar-refractivity contribution in [2.45, 2.75) is 25.3 Å². The lowest BCUT2D eigenvalue weighted by Crippen LogP contribution is -2.34. The highest BCUT2D eigenvalue weighted by atomic mass is 16.4. The molecule has 1 aromatic heterocycles. The fraction of sp³-hybridized carbons (Fsp3) is 0.273. The fourth-order valence-corrected chi connectivity index (χ4v) is 3.92. The van der Waals surface area contributed by atoms with Gasteiger partial charge >= 0.3 is 5.97 Å². The number of nitrogens with zero attached hydrogens (tertiary/aromatic N) is 2. The van der Waals surface area contributed by atoms with Crippen LogP contribution in [-0.4, -0.2) is 39.3 Å². The van der Waals surface area contributed by atoms with Gasteiger partial charge < -0.3 is 5.11 Å². The monoisotopic (exact) mass is 361 g/mol. The van der Waals surface area contributed by atoms with Crippen LogP contribution in [0.1, 0.15) is 40.4 Å². The molecule has 2 N–H and O–H groups in total. The van der Waals surface area contributed by atoms with E-state index in [1.54, 1.807) is 12.1 Å². The predicted octanol–water partition coefficient (Wildman–Crippen LogP) is 4.15. The summed E-state index contributed by atoms with van der Waals surface area (Å²) in [5, 5.41) is 16.6. The highest BCUT2D eigenvalue weighted by Crippen LogP contribution is 2.27. The fourth-order valence-electron chi connectivity index (χ4n) is 3.92. The third-order valence-corrected chi connectivity index (χ3v) is 5.30. The minimum Gasteiger partial charge on any atom is -0.478 e. The van der Waals surface area contributed by atoms with E-state index in [1.165, 1.54) is 24.1 Å². The second kappa shape index (κ2) is 7.76. The lowest BCUT2D eigenvalue weighted by atomic mass is 9.94. The van der Waals surface area contributed by atoms with Crippen molar-refractivity contribution >= 4 is 5.97 Å². The number of nitrogens with one attached hydrogen (secondary N) is 1. The normalized spacial score (nSPS) is 17.7. The Kier molecular flexibility index (Phi) is 5.03. The minimum absolute atomic E-state index is 0.337. The third-order valence-electron chi connectivity index (χ3n) is 5.30. The smallest absolute Gasteiger partial charge is 0.336 e. The van der Waals surface area contributed by atoms with Crippen molar-refractivity contribution in [2.75, 3.05) is 13.1 Å². The first-order valence-electron chi connectivity index (χ1n) is 9.34. The zero-order valence-electron chi connectivity index (χ0n) is 15.1. The molecule has 2 heterocycles. The molecule has 0 spiro atoms. The number of carbonyl (C=O) groups is 1. The van der Waals surface area contributed by atoms with Crippen molar-refractivity contribution in [3.05, 3.63) is 77.6 Å². The quantitative estimate of drug-likeness (QED) is 0.716. The molecule has 1 fully saturated rings. The SMILES string of the molecule is O=C(O)c1ccccc1-c1ccc(CN2CCC[C@@H](c3ccn[nH]3)C2)cc1. The number of likely N-dealkylation sites (tertiary alicyclic amines) is 1. The van der Waals surface area contributed by atoms with Crippen molar-refractivity contribution in [3.8, 4) is 11.1 Å². The van der Waals surface area contributed by atoms with Crippen LogP contribution in [0.4, 0.5) is 0 Å². The van der Waals surface area contributed by atoms with E-state index in [0.717, 1.165) is 30.8 Å². The van der Waals surface area contributed by atoms with Crippen LogP contribution >= 0.6 is 0 Å². The van der Waals surface area contributed by atoms with E-state index in [-0.39, 0.29) is 0 Å². The first kappa shape index (κ1) is 17.5. The summed E-state index contributed by atoms with van der Waals surface area (Å²) in [6, 6.07) is 17.5. The van der Waals surface area contributed by atoms with Crippen molar-refractivity contribution in [2.24, 2.45) is 0 Å². The topological polar surface area (TPSA) is 69.2 Å². The molecule has 27 heavy (non-hydrogen) atoms. The summed E-state index contributed by atoms with van der Waals surface area (Å²) in [5.74, 6) is -0.379. The lowest BCUT2D eigenvalue weighted by molar-refractivity contribution is 0.0697. The average molecular weight is 361 g/mol. The summed E-state index contributed by atoms with van der Waals surface area (Å²) in [5.41, 5.74) is 4.50. The Hall–Kier alpha value is -2.92. The van der Waals surface area contributed by atoms with Gasteiger partial charge in [0.2, 0.25) is 0 Å². The van der Waals surface area contributed by atoms with Crippen LogP contribution in [0.15, 0.2) is 60.8 Å². The molecule has 1 aliphatic heterocycles. The van der Waals surface area contributed by atoms with Gasteiger partial charge in [-0.15, -0.1) is 0 Å². The molecule has 0 amide bonds. The van der Waals surface area contributed by atoms with Crippen LogP contribution in [0.25, 0.3) is 11.1 Å². The predicted molar refractivity (Wildman–Crippen MR) is 105 cm³/mol. The Morgan fingerprint density at radius 1 is 1.15 bits per heavy atom. The summed E-state index contributed by atoms with van der Waals surface area (Å²) < 4.78 is 0. The van der Waals surface area contributed by atoms with Gasteiger partial charge in [0, 0.05) is 30.9 Å². The van der Waals surface area contributed by atoms with Crippen LogP contribution in [0.3, 0.4) is 0 Å². The van der Waals surface area contributed by atoms with Gasteiger partial charge in [0.1, 0.15) is 0 Å². The molecular weight excluding hydrogens is 338 g/mol. The second-order valence-electron chi connectivity index (χ2n) is 7.13. The van der Waals surface area contributed by atoms with Gasteiger partial charge in [0.25, 0.3) is 0 Å². The Labute approximate surface area is 158 Å². The number of carboxylic acids is 1. The molecule has 3 aromatic rings. The van der Waals surface area contributed by atoms with E-state index >= 15 is 0 Å². The molecule has 5 nitrogen and oxygen atoms in total. The Morgan fingerprint density at radius 3 is 2.70 bits per heavy atom. The highest BCUT2D eigenvalue weighted by Gasteiger charge is 2.22. The van der Waals surface area contributed by atoms with E-state index in [1.807, 2.05) is 30.5 Å². The molecule has 0 radical (unpaired) electrons. The maximum atomic E-state index is 11.4. The highest BCUT2D eigenvalue weighted by molar-refractivity contribution is 5.95. The van der Waals surface area contributed by atoms with E-state index in [4.69, 9.17) is 0 Å². The number of carboxylic acid groups (broad SMARTS) is 1. The lowest BCUT2D eigenvalue weighted by Gasteiger charge is -2.32. The first-order chi connectivity index (χ1) is 13.2. The van der Waals surface area contributed by atoms with Crippen molar-refractivity contribution in [1.29, 1.82) is 0 Å². The average Bonchev–Trinajstić information content (AvgIpc) is 3.24. The van der Waals surface area contributed by atoms with E-state index in [2.05, 4.69) is 33.3 Å². The van der Waals surface area contributed by atoms with Crippen molar-refractivity contribution < 1.29 is 9.90 Å². The van der Waals surface area contributed by atoms with E-state index in [9.17, 15) is 9.90 Å². The van der Waals surface area contributed by atoms with E-state index in [0.29, 0.717) is 11.5 Å². The summed E-state index contributed by atoms with van der Waals surface area (Å²) in [6.45, 7) is 3.05. The number of benzene rings is 2. The van der Waals surface area contributed by atoms with Crippen LogP contribution in [-0.2, 0) is 6.54 Å². The largest absolute Gasteiger partial charge is 0.478 e. The Balaban J connectivity index is 1.46. The third kappa shape index (κ3) is 3.93. The van der Waals surface area contributed by atoms with Gasteiger partial charge in [0.15, 0.2) is 0 Å². The van der Waals surface area contributed by atoms with Crippen LogP contribution in [0.5, 0.6) is 0 Å². The molecule has 0 saturated carbocycles. The van der Waals surface area contributed by atoms with Gasteiger partial charge in [-0.1, -0.05) is 42.5 Å².